The Hall–Kier alpha value is -1.06. The summed E-state index contributed by atoms with van der Waals surface area (Å²) >= 11 is 0. The molecule has 2 rings (SSSR count). The van der Waals surface area contributed by atoms with E-state index in [-0.39, 0.29) is 11.8 Å². The number of hydrogen-bond donors (Lipinski definition) is 2. The largest absolute Gasteiger partial charge is 0.491 e. The molecular formula is C12H22N2O2. The van der Waals surface area contributed by atoms with E-state index in [9.17, 15) is 10.2 Å². The van der Waals surface area contributed by atoms with Crippen LogP contribution in [-0.4, -0.2) is 46.2 Å². The SMILES string of the molecule is OC(=C(O)N1CCCCC1)N1CCCCC1. The maximum atomic E-state index is 10.0. The Balaban J connectivity index is 1.99. The van der Waals surface area contributed by atoms with Gasteiger partial charge in [0.1, 0.15) is 0 Å². The van der Waals surface area contributed by atoms with Crippen LogP contribution in [-0.2, 0) is 0 Å². The second-order valence-corrected chi connectivity index (χ2v) is 4.74. The normalized spacial score (nSPS) is 24.2. The average Bonchev–Trinajstić information content (AvgIpc) is 2.39. The molecule has 0 amide bonds. The lowest BCUT2D eigenvalue weighted by Gasteiger charge is -2.32. The second kappa shape index (κ2) is 5.32. The number of aliphatic hydroxyl groups excluding tert-OH is 2. The molecule has 2 heterocycles. The van der Waals surface area contributed by atoms with Gasteiger partial charge in [-0.2, -0.15) is 0 Å². The third-order valence-electron chi connectivity index (χ3n) is 3.51. The van der Waals surface area contributed by atoms with E-state index in [1.165, 1.54) is 12.8 Å². The highest BCUT2D eigenvalue weighted by Gasteiger charge is 2.21. The monoisotopic (exact) mass is 226 g/mol. The van der Waals surface area contributed by atoms with Crippen molar-refractivity contribution >= 4 is 0 Å². The highest BCUT2D eigenvalue weighted by Crippen LogP contribution is 2.19. The Bertz CT molecular complexity index is 228. The lowest BCUT2D eigenvalue weighted by atomic mass is 10.1. The third kappa shape index (κ3) is 2.54. The molecule has 92 valence electrons. The van der Waals surface area contributed by atoms with Gasteiger partial charge in [-0.15, -0.1) is 0 Å². The molecular weight excluding hydrogens is 204 g/mol. The van der Waals surface area contributed by atoms with Gasteiger partial charge in [0, 0.05) is 26.2 Å². The molecule has 0 spiro atoms. The molecule has 4 heteroatoms. The van der Waals surface area contributed by atoms with Crippen LogP contribution >= 0.6 is 0 Å². The molecule has 0 atom stereocenters. The molecule has 16 heavy (non-hydrogen) atoms. The Labute approximate surface area is 97.2 Å². The van der Waals surface area contributed by atoms with Crippen molar-refractivity contribution in [2.45, 2.75) is 38.5 Å². The van der Waals surface area contributed by atoms with E-state index in [0.717, 1.165) is 51.9 Å². The maximum absolute atomic E-state index is 10.0. The summed E-state index contributed by atoms with van der Waals surface area (Å²) in [6.45, 7) is 3.46. The second-order valence-electron chi connectivity index (χ2n) is 4.74. The van der Waals surface area contributed by atoms with Crippen molar-refractivity contribution in [3.63, 3.8) is 0 Å². The van der Waals surface area contributed by atoms with Crippen LogP contribution in [0.25, 0.3) is 0 Å². The minimum absolute atomic E-state index is 0.0848. The molecule has 0 aromatic rings. The van der Waals surface area contributed by atoms with Crippen molar-refractivity contribution in [1.29, 1.82) is 0 Å². The van der Waals surface area contributed by atoms with Crippen molar-refractivity contribution in [3.8, 4) is 0 Å². The molecule has 2 saturated heterocycles. The lowest BCUT2D eigenvalue weighted by Crippen LogP contribution is -2.35. The van der Waals surface area contributed by atoms with Crippen LogP contribution < -0.4 is 0 Å². The van der Waals surface area contributed by atoms with Crippen LogP contribution in [0.4, 0.5) is 0 Å². The Morgan fingerprint density at radius 2 is 0.875 bits per heavy atom. The van der Waals surface area contributed by atoms with Gasteiger partial charge in [-0.05, 0) is 38.5 Å². The van der Waals surface area contributed by atoms with Crippen LogP contribution in [0.1, 0.15) is 38.5 Å². The van der Waals surface area contributed by atoms with Crippen LogP contribution in [0, 0.1) is 0 Å². The topological polar surface area (TPSA) is 46.9 Å². The van der Waals surface area contributed by atoms with Crippen LogP contribution in [0.2, 0.25) is 0 Å². The van der Waals surface area contributed by atoms with E-state index < -0.39 is 0 Å². The highest BCUT2D eigenvalue weighted by atomic mass is 16.3. The minimum atomic E-state index is 0.0848. The number of likely N-dealkylation sites (tertiary alicyclic amines) is 2. The maximum Gasteiger partial charge on any atom is 0.249 e. The number of rotatable bonds is 2. The van der Waals surface area contributed by atoms with Gasteiger partial charge in [-0.25, -0.2) is 0 Å². The predicted molar refractivity (Wildman–Crippen MR) is 63.1 cm³/mol. The van der Waals surface area contributed by atoms with Gasteiger partial charge < -0.3 is 20.0 Å². The summed E-state index contributed by atoms with van der Waals surface area (Å²) in [6, 6.07) is 0. The first-order valence-corrected chi connectivity index (χ1v) is 6.41. The lowest BCUT2D eigenvalue weighted by molar-refractivity contribution is 0.0986. The first-order valence-electron chi connectivity index (χ1n) is 6.41. The fourth-order valence-corrected chi connectivity index (χ4v) is 2.49. The van der Waals surface area contributed by atoms with Crippen molar-refractivity contribution in [2.24, 2.45) is 0 Å². The number of aliphatic hydroxyl groups is 2. The quantitative estimate of drug-likeness (QED) is 0.709. The molecule has 0 unspecified atom stereocenters. The van der Waals surface area contributed by atoms with E-state index in [4.69, 9.17) is 0 Å². The smallest absolute Gasteiger partial charge is 0.249 e. The zero-order chi connectivity index (χ0) is 11.4. The van der Waals surface area contributed by atoms with E-state index in [1.807, 2.05) is 9.80 Å². The van der Waals surface area contributed by atoms with Crippen LogP contribution in [0.5, 0.6) is 0 Å². The molecule has 0 aromatic carbocycles. The molecule has 4 nitrogen and oxygen atoms in total. The predicted octanol–water partition coefficient (Wildman–Crippen LogP) is 2.20. The van der Waals surface area contributed by atoms with Gasteiger partial charge in [-0.1, -0.05) is 0 Å². The molecule has 0 aliphatic carbocycles. The summed E-state index contributed by atoms with van der Waals surface area (Å²) in [6.07, 6.45) is 6.89. The standard InChI is InChI=1S/C12H22N2O2/c15-11(13-7-3-1-4-8-13)12(16)14-9-5-2-6-10-14/h15-16H,1-10H2. The zero-order valence-corrected chi connectivity index (χ0v) is 9.86. The van der Waals surface area contributed by atoms with Gasteiger partial charge in [0.25, 0.3) is 0 Å². The number of hydrogen-bond acceptors (Lipinski definition) is 4. The number of nitrogens with zero attached hydrogens (tertiary/aromatic N) is 2. The van der Waals surface area contributed by atoms with Crippen molar-refractivity contribution < 1.29 is 10.2 Å². The zero-order valence-electron chi connectivity index (χ0n) is 9.86. The van der Waals surface area contributed by atoms with Gasteiger partial charge in [0.2, 0.25) is 11.8 Å². The van der Waals surface area contributed by atoms with E-state index in [0.29, 0.717) is 0 Å². The molecule has 2 N–H and O–H groups in total. The molecule has 0 radical (unpaired) electrons. The summed E-state index contributed by atoms with van der Waals surface area (Å²) in [4.78, 5) is 3.79. The average molecular weight is 226 g/mol. The summed E-state index contributed by atoms with van der Waals surface area (Å²) in [5, 5.41) is 20.0. The minimum Gasteiger partial charge on any atom is -0.491 e. The van der Waals surface area contributed by atoms with E-state index in [2.05, 4.69) is 0 Å². The van der Waals surface area contributed by atoms with E-state index in [1.54, 1.807) is 0 Å². The molecule has 2 aliphatic heterocycles. The molecule has 2 fully saturated rings. The summed E-state index contributed by atoms with van der Waals surface area (Å²) < 4.78 is 0. The van der Waals surface area contributed by atoms with Crippen molar-refractivity contribution in [3.05, 3.63) is 11.8 Å². The fourth-order valence-electron chi connectivity index (χ4n) is 2.49. The van der Waals surface area contributed by atoms with Crippen LogP contribution in [0.15, 0.2) is 11.8 Å². The molecule has 0 bridgehead atoms. The first kappa shape index (κ1) is 11.4. The third-order valence-corrected chi connectivity index (χ3v) is 3.51. The van der Waals surface area contributed by atoms with Gasteiger partial charge >= 0.3 is 0 Å². The van der Waals surface area contributed by atoms with Gasteiger partial charge in [0.05, 0.1) is 0 Å². The summed E-state index contributed by atoms with van der Waals surface area (Å²) in [5.74, 6) is 0.170. The fraction of sp³-hybridized carbons (Fsp3) is 0.833. The van der Waals surface area contributed by atoms with Crippen molar-refractivity contribution in [1.82, 2.24) is 9.80 Å². The van der Waals surface area contributed by atoms with Gasteiger partial charge in [0.15, 0.2) is 0 Å². The van der Waals surface area contributed by atoms with Crippen LogP contribution in [0.3, 0.4) is 0 Å². The Morgan fingerprint density at radius 3 is 1.19 bits per heavy atom. The van der Waals surface area contributed by atoms with Gasteiger partial charge in [-0.3, -0.25) is 0 Å². The van der Waals surface area contributed by atoms with E-state index >= 15 is 0 Å². The molecule has 0 aromatic heterocycles. The number of piperidine rings is 2. The molecule has 2 aliphatic rings. The Morgan fingerprint density at radius 1 is 0.562 bits per heavy atom. The van der Waals surface area contributed by atoms with Crippen molar-refractivity contribution in [2.75, 3.05) is 26.2 Å². The molecule has 0 saturated carbocycles. The summed E-state index contributed by atoms with van der Waals surface area (Å²) in [5.41, 5.74) is 0. The first-order chi connectivity index (χ1) is 7.79. The summed E-state index contributed by atoms with van der Waals surface area (Å²) in [7, 11) is 0. The highest BCUT2D eigenvalue weighted by molar-refractivity contribution is 4.99. The Kier molecular flexibility index (Phi) is 3.80.